The predicted molar refractivity (Wildman–Crippen MR) is 79.0 cm³/mol. The first-order chi connectivity index (χ1) is 8.99. The van der Waals surface area contributed by atoms with Crippen molar-refractivity contribution in [1.29, 1.82) is 0 Å². The molecule has 1 aromatic heterocycles. The van der Waals surface area contributed by atoms with E-state index in [4.69, 9.17) is 0 Å². The average Bonchev–Trinajstić information content (AvgIpc) is 2.37. The largest absolute Gasteiger partial charge is 0.322 e. The lowest BCUT2D eigenvalue weighted by Crippen LogP contribution is -2.15. The highest BCUT2D eigenvalue weighted by Crippen LogP contribution is 2.23. The number of hydrogen-bond acceptors (Lipinski definition) is 2. The molecule has 0 aliphatic rings. The number of anilines is 1. The third kappa shape index (κ3) is 3.27. The Labute approximate surface area is 129 Å². The van der Waals surface area contributed by atoms with Crippen LogP contribution >= 0.6 is 38.5 Å². The zero-order valence-corrected chi connectivity index (χ0v) is 13.0. The van der Waals surface area contributed by atoms with E-state index in [0.717, 1.165) is 20.3 Å². The number of hydrogen-bond donors (Lipinski definition) is 1. The molecule has 0 aliphatic heterocycles. The van der Waals surface area contributed by atoms with Gasteiger partial charge in [-0.15, -0.1) is 0 Å². The third-order valence-corrected chi connectivity index (χ3v) is 4.59. The number of nitrogens with one attached hydrogen (secondary N) is 1. The Morgan fingerprint density at radius 1 is 1.32 bits per heavy atom. The van der Waals surface area contributed by atoms with Gasteiger partial charge in [0.2, 0.25) is 5.95 Å². The summed E-state index contributed by atoms with van der Waals surface area (Å²) >= 11 is 5.40. The number of nitrogens with zero attached hydrogens (tertiary/aromatic N) is 1. The minimum Gasteiger partial charge on any atom is -0.322 e. The standard InChI is InChI=1S/C12H6BrF2IN2O/c13-8-2-1-6(5-9(8)16)18-12(19)7-3-4-17-11(15)10(7)14/h1-5H,(H,18,19). The Balaban J connectivity index is 2.26. The molecule has 7 heteroatoms. The van der Waals surface area contributed by atoms with Crippen LogP contribution < -0.4 is 5.32 Å². The summed E-state index contributed by atoms with van der Waals surface area (Å²) in [6, 6.07) is 6.23. The monoisotopic (exact) mass is 438 g/mol. The molecule has 0 saturated carbocycles. The van der Waals surface area contributed by atoms with Crippen molar-refractivity contribution >= 4 is 50.1 Å². The summed E-state index contributed by atoms with van der Waals surface area (Å²) in [6.45, 7) is 0. The minimum atomic E-state index is -1.29. The SMILES string of the molecule is O=C(Nc1ccc(Br)c(I)c1)c1ccnc(F)c1F. The molecule has 2 rings (SSSR count). The zero-order valence-electron chi connectivity index (χ0n) is 9.25. The van der Waals surface area contributed by atoms with E-state index in [-0.39, 0.29) is 5.56 Å². The molecular weight excluding hydrogens is 433 g/mol. The zero-order chi connectivity index (χ0) is 14.0. The number of pyridine rings is 1. The number of carbonyl (C=O) groups is 1. The Morgan fingerprint density at radius 2 is 2.05 bits per heavy atom. The summed E-state index contributed by atoms with van der Waals surface area (Å²) in [5, 5.41) is 2.50. The summed E-state index contributed by atoms with van der Waals surface area (Å²) in [7, 11) is 0. The molecule has 2 aromatic rings. The molecule has 0 radical (unpaired) electrons. The van der Waals surface area contributed by atoms with Crippen LogP contribution in [-0.4, -0.2) is 10.9 Å². The van der Waals surface area contributed by atoms with Gasteiger partial charge in [0.25, 0.3) is 5.91 Å². The summed E-state index contributed by atoms with van der Waals surface area (Å²) in [6.07, 6.45) is 1.04. The van der Waals surface area contributed by atoms with Crippen molar-refractivity contribution in [2.45, 2.75) is 0 Å². The van der Waals surface area contributed by atoms with Crippen LogP contribution in [0.5, 0.6) is 0 Å². The van der Waals surface area contributed by atoms with Gasteiger partial charge >= 0.3 is 0 Å². The predicted octanol–water partition coefficient (Wildman–Crippen LogP) is 3.98. The number of carbonyl (C=O) groups excluding carboxylic acids is 1. The molecule has 1 heterocycles. The fraction of sp³-hybridized carbons (Fsp3) is 0. The van der Waals surface area contributed by atoms with Gasteiger partial charge < -0.3 is 5.32 Å². The van der Waals surface area contributed by atoms with Gasteiger partial charge in [0.1, 0.15) is 0 Å². The number of aromatic nitrogens is 1. The van der Waals surface area contributed by atoms with Crippen LogP contribution in [0.3, 0.4) is 0 Å². The molecule has 19 heavy (non-hydrogen) atoms. The topological polar surface area (TPSA) is 42.0 Å². The van der Waals surface area contributed by atoms with Crippen LogP contribution in [0.25, 0.3) is 0 Å². The van der Waals surface area contributed by atoms with E-state index in [1.54, 1.807) is 18.2 Å². The second kappa shape index (κ2) is 5.91. The second-order valence-electron chi connectivity index (χ2n) is 3.55. The Kier molecular flexibility index (Phi) is 4.46. The van der Waals surface area contributed by atoms with Crippen molar-refractivity contribution in [3.05, 3.63) is 55.8 Å². The van der Waals surface area contributed by atoms with Gasteiger partial charge in [-0.05, 0) is 62.8 Å². The van der Waals surface area contributed by atoms with Gasteiger partial charge in [0, 0.05) is 19.9 Å². The van der Waals surface area contributed by atoms with Crippen LogP contribution in [0, 0.1) is 15.3 Å². The molecule has 0 spiro atoms. The Morgan fingerprint density at radius 3 is 2.74 bits per heavy atom. The molecule has 1 amide bonds. The molecule has 0 bridgehead atoms. The normalized spacial score (nSPS) is 10.3. The molecule has 0 atom stereocenters. The van der Waals surface area contributed by atoms with Crippen LogP contribution in [0.4, 0.5) is 14.5 Å². The maximum Gasteiger partial charge on any atom is 0.258 e. The first-order valence-corrected chi connectivity index (χ1v) is 6.92. The fourth-order valence-corrected chi connectivity index (χ4v) is 2.13. The first-order valence-electron chi connectivity index (χ1n) is 5.05. The quantitative estimate of drug-likeness (QED) is 0.569. The van der Waals surface area contributed by atoms with Crippen molar-refractivity contribution in [3.63, 3.8) is 0 Å². The molecular formula is C12H6BrF2IN2O. The van der Waals surface area contributed by atoms with E-state index >= 15 is 0 Å². The van der Waals surface area contributed by atoms with E-state index in [2.05, 4.69) is 48.8 Å². The number of rotatable bonds is 2. The fourth-order valence-electron chi connectivity index (χ4n) is 1.37. The smallest absolute Gasteiger partial charge is 0.258 e. The maximum atomic E-state index is 13.4. The second-order valence-corrected chi connectivity index (χ2v) is 5.56. The van der Waals surface area contributed by atoms with Crippen LogP contribution in [0.15, 0.2) is 34.9 Å². The van der Waals surface area contributed by atoms with E-state index in [9.17, 15) is 13.6 Å². The van der Waals surface area contributed by atoms with Gasteiger partial charge in [-0.25, -0.2) is 9.37 Å². The molecule has 0 saturated heterocycles. The summed E-state index contributed by atoms with van der Waals surface area (Å²) < 4.78 is 28.1. The number of amides is 1. The van der Waals surface area contributed by atoms with Gasteiger partial charge in [-0.2, -0.15) is 4.39 Å². The molecule has 3 nitrogen and oxygen atoms in total. The lowest BCUT2D eigenvalue weighted by molar-refractivity contribution is 0.102. The van der Waals surface area contributed by atoms with Gasteiger partial charge in [0.05, 0.1) is 5.56 Å². The molecule has 0 fully saturated rings. The molecule has 1 aromatic carbocycles. The van der Waals surface area contributed by atoms with Crippen molar-refractivity contribution in [2.24, 2.45) is 0 Å². The minimum absolute atomic E-state index is 0.384. The summed E-state index contributed by atoms with van der Waals surface area (Å²) in [4.78, 5) is 14.9. The molecule has 0 unspecified atom stereocenters. The number of halogens is 4. The van der Waals surface area contributed by atoms with Gasteiger partial charge in [-0.3, -0.25) is 4.79 Å². The van der Waals surface area contributed by atoms with Gasteiger partial charge in [-0.1, -0.05) is 0 Å². The van der Waals surface area contributed by atoms with Crippen LogP contribution in [0.1, 0.15) is 10.4 Å². The Bertz CT molecular complexity index is 652. The van der Waals surface area contributed by atoms with E-state index in [0.29, 0.717) is 5.69 Å². The van der Waals surface area contributed by atoms with Gasteiger partial charge in [0.15, 0.2) is 5.82 Å². The number of benzene rings is 1. The van der Waals surface area contributed by atoms with E-state index in [1.165, 1.54) is 0 Å². The van der Waals surface area contributed by atoms with Crippen molar-refractivity contribution in [3.8, 4) is 0 Å². The molecule has 98 valence electrons. The lowest BCUT2D eigenvalue weighted by atomic mass is 10.2. The summed E-state index contributed by atoms with van der Waals surface area (Å²) in [5.41, 5.74) is 0.111. The van der Waals surface area contributed by atoms with Crippen LogP contribution in [-0.2, 0) is 0 Å². The van der Waals surface area contributed by atoms with Crippen molar-refractivity contribution < 1.29 is 13.6 Å². The lowest BCUT2D eigenvalue weighted by Gasteiger charge is -2.07. The Hall–Kier alpha value is -1.09. The van der Waals surface area contributed by atoms with Crippen LogP contribution in [0.2, 0.25) is 0 Å². The highest BCUT2D eigenvalue weighted by Gasteiger charge is 2.16. The molecule has 1 N–H and O–H groups in total. The highest BCUT2D eigenvalue weighted by atomic mass is 127. The average molecular weight is 439 g/mol. The third-order valence-electron chi connectivity index (χ3n) is 2.27. The summed E-state index contributed by atoms with van der Waals surface area (Å²) in [5.74, 6) is -3.28. The maximum absolute atomic E-state index is 13.4. The van der Waals surface area contributed by atoms with E-state index in [1.807, 2.05) is 0 Å². The van der Waals surface area contributed by atoms with E-state index < -0.39 is 17.7 Å². The first kappa shape index (κ1) is 14.3. The van der Waals surface area contributed by atoms with Crippen molar-refractivity contribution in [2.75, 3.05) is 5.32 Å². The van der Waals surface area contributed by atoms with Crippen molar-refractivity contribution in [1.82, 2.24) is 4.98 Å². The molecule has 0 aliphatic carbocycles. The highest BCUT2D eigenvalue weighted by molar-refractivity contribution is 14.1.